The number of nitrogens with one attached hydrogen (secondary N) is 1. The van der Waals surface area contributed by atoms with E-state index in [1.807, 2.05) is 56.3 Å². The van der Waals surface area contributed by atoms with Gasteiger partial charge in [-0.2, -0.15) is 0 Å². The van der Waals surface area contributed by atoms with E-state index in [0.717, 1.165) is 12.8 Å². The van der Waals surface area contributed by atoms with Crippen LogP contribution in [0.1, 0.15) is 44.0 Å². The molecule has 0 aliphatic rings. The monoisotopic (exact) mass is 327 g/mol. The van der Waals surface area contributed by atoms with E-state index in [4.69, 9.17) is 9.47 Å². The minimum Gasteiger partial charge on any atom is -0.493 e. The molecule has 0 unspecified atom stereocenters. The van der Waals surface area contributed by atoms with Crippen molar-refractivity contribution >= 4 is 11.6 Å². The number of para-hydroxylation sites is 3. The molecule has 1 amide bonds. The lowest BCUT2D eigenvalue weighted by Gasteiger charge is -2.16. The Morgan fingerprint density at radius 1 is 1.04 bits per heavy atom. The molecule has 4 nitrogen and oxygen atoms in total. The molecular weight excluding hydrogens is 302 g/mol. The van der Waals surface area contributed by atoms with Gasteiger partial charge in [0, 0.05) is 0 Å². The Morgan fingerprint density at radius 2 is 1.71 bits per heavy atom. The van der Waals surface area contributed by atoms with Gasteiger partial charge >= 0.3 is 0 Å². The number of ether oxygens (including phenoxy) is 2. The maximum Gasteiger partial charge on any atom is 0.259 e. The third-order valence-corrected chi connectivity index (χ3v) is 3.39. The quantitative estimate of drug-likeness (QED) is 0.701. The van der Waals surface area contributed by atoms with Crippen molar-refractivity contribution in [3.63, 3.8) is 0 Å². The molecule has 0 aliphatic heterocycles. The first-order chi connectivity index (χ1) is 11.6. The molecule has 2 rings (SSSR count). The maximum absolute atomic E-state index is 12.7. The highest BCUT2D eigenvalue weighted by Crippen LogP contribution is 2.27. The number of hydrogen-bond acceptors (Lipinski definition) is 3. The van der Waals surface area contributed by atoms with Crippen molar-refractivity contribution in [2.75, 3.05) is 11.9 Å². The van der Waals surface area contributed by atoms with E-state index in [-0.39, 0.29) is 12.0 Å². The maximum atomic E-state index is 12.7. The Labute approximate surface area is 143 Å². The van der Waals surface area contributed by atoms with Crippen LogP contribution in [0, 0.1) is 0 Å². The molecule has 0 saturated carbocycles. The third kappa shape index (κ3) is 5.01. The topological polar surface area (TPSA) is 47.6 Å². The molecule has 0 aliphatic carbocycles. The summed E-state index contributed by atoms with van der Waals surface area (Å²) in [7, 11) is 0. The van der Waals surface area contributed by atoms with E-state index < -0.39 is 0 Å². The molecule has 0 heterocycles. The number of benzene rings is 2. The van der Waals surface area contributed by atoms with Crippen LogP contribution in [0.4, 0.5) is 5.69 Å². The van der Waals surface area contributed by atoms with Gasteiger partial charge in [-0.3, -0.25) is 4.79 Å². The first-order valence-corrected chi connectivity index (χ1v) is 8.40. The summed E-state index contributed by atoms with van der Waals surface area (Å²) in [6, 6.07) is 14.7. The lowest BCUT2D eigenvalue weighted by Crippen LogP contribution is -2.15. The summed E-state index contributed by atoms with van der Waals surface area (Å²) in [5.74, 6) is 1.05. The predicted octanol–water partition coefficient (Wildman–Crippen LogP) is 4.91. The number of carbonyl (C=O) groups excluding carboxylic acids is 1. The number of amides is 1. The Hall–Kier alpha value is -2.49. The molecular formula is C20H25NO3. The fraction of sp³-hybridized carbons (Fsp3) is 0.350. The molecule has 0 saturated heterocycles. The van der Waals surface area contributed by atoms with Gasteiger partial charge < -0.3 is 14.8 Å². The fourth-order valence-corrected chi connectivity index (χ4v) is 2.22. The number of hydrogen-bond donors (Lipinski definition) is 1. The smallest absolute Gasteiger partial charge is 0.259 e. The molecule has 1 N–H and O–H groups in total. The van der Waals surface area contributed by atoms with E-state index in [1.54, 1.807) is 6.07 Å². The van der Waals surface area contributed by atoms with E-state index >= 15 is 0 Å². The largest absolute Gasteiger partial charge is 0.493 e. The van der Waals surface area contributed by atoms with Crippen LogP contribution < -0.4 is 14.8 Å². The minimum absolute atomic E-state index is 0.0349. The van der Waals surface area contributed by atoms with Gasteiger partial charge in [-0.25, -0.2) is 0 Å². The summed E-state index contributed by atoms with van der Waals surface area (Å²) >= 11 is 0. The van der Waals surface area contributed by atoms with Crippen molar-refractivity contribution < 1.29 is 14.3 Å². The molecule has 0 bridgehead atoms. The van der Waals surface area contributed by atoms with Crippen molar-refractivity contribution in [1.29, 1.82) is 0 Å². The number of carbonyl (C=O) groups is 1. The van der Waals surface area contributed by atoms with E-state index in [0.29, 0.717) is 29.4 Å². The van der Waals surface area contributed by atoms with E-state index in [1.165, 1.54) is 0 Å². The molecule has 0 atom stereocenters. The summed E-state index contributed by atoms with van der Waals surface area (Å²) in [6.45, 7) is 6.62. The van der Waals surface area contributed by atoms with Crippen molar-refractivity contribution in [3.05, 3.63) is 54.1 Å². The van der Waals surface area contributed by atoms with E-state index in [9.17, 15) is 4.79 Å². The van der Waals surface area contributed by atoms with Crippen LogP contribution in [0.5, 0.6) is 11.5 Å². The Balaban J connectivity index is 2.16. The van der Waals surface area contributed by atoms with Crippen molar-refractivity contribution in [3.8, 4) is 11.5 Å². The highest BCUT2D eigenvalue weighted by molar-refractivity contribution is 6.06. The molecule has 0 spiro atoms. The van der Waals surface area contributed by atoms with Crippen LogP contribution in [0.2, 0.25) is 0 Å². The van der Waals surface area contributed by atoms with Gasteiger partial charge in [-0.15, -0.1) is 0 Å². The lowest BCUT2D eigenvalue weighted by atomic mass is 10.1. The SMILES string of the molecule is CCCCOc1ccccc1C(=O)Nc1ccccc1OC(C)C. The zero-order valence-electron chi connectivity index (χ0n) is 14.5. The normalized spacial score (nSPS) is 10.5. The van der Waals surface area contributed by atoms with Crippen LogP contribution in [0.3, 0.4) is 0 Å². The van der Waals surface area contributed by atoms with Crippen LogP contribution >= 0.6 is 0 Å². The summed E-state index contributed by atoms with van der Waals surface area (Å²) in [6.07, 6.45) is 2.04. The second-order valence-corrected chi connectivity index (χ2v) is 5.82. The molecule has 128 valence electrons. The second-order valence-electron chi connectivity index (χ2n) is 5.82. The zero-order valence-corrected chi connectivity index (χ0v) is 14.5. The van der Waals surface area contributed by atoms with Gasteiger partial charge in [0.2, 0.25) is 0 Å². The van der Waals surface area contributed by atoms with Crippen LogP contribution in [0.15, 0.2) is 48.5 Å². The predicted molar refractivity (Wildman–Crippen MR) is 97.0 cm³/mol. The average Bonchev–Trinajstić information content (AvgIpc) is 2.57. The molecule has 0 radical (unpaired) electrons. The molecule has 4 heteroatoms. The summed E-state index contributed by atoms with van der Waals surface area (Å²) in [4.78, 5) is 12.7. The molecule has 0 aromatic heterocycles. The summed E-state index contributed by atoms with van der Waals surface area (Å²) < 4.78 is 11.5. The van der Waals surface area contributed by atoms with Crippen molar-refractivity contribution in [2.24, 2.45) is 0 Å². The molecule has 2 aromatic carbocycles. The van der Waals surface area contributed by atoms with Gasteiger partial charge in [-0.05, 0) is 44.5 Å². The van der Waals surface area contributed by atoms with E-state index in [2.05, 4.69) is 12.2 Å². The summed E-state index contributed by atoms with van der Waals surface area (Å²) in [5, 5.41) is 2.92. The Kier molecular flexibility index (Phi) is 6.67. The zero-order chi connectivity index (χ0) is 17.4. The average molecular weight is 327 g/mol. The Morgan fingerprint density at radius 3 is 2.42 bits per heavy atom. The molecule has 0 fully saturated rings. The van der Waals surface area contributed by atoms with Crippen LogP contribution in [-0.2, 0) is 0 Å². The van der Waals surface area contributed by atoms with Crippen molar-refractivity contribution in [1.82, 2.24) is 0 Å². The van der Waals surface area contributed by atoms with Gasteiger partial charge in [0.25, 0.3) is 5.91 Å². The first-order valence-electron chi connectivity index (χ1n) is 8.40. The highest BCUT2D eigenvalue weighted by Gasteiger charge is 2.14. The second kappa shape index (κ2) is 8.96. The summed E-state index contributed by atoms with van der Waals surface area (Å²) in [5.41, 5.74) is 1.17. The Bertz CT molecular complexity index is 667. The molecule has 2 aromatic rings. The fourth-order valence-electron chi connectivity index (χ4n) is 2.22. The van der Waals surface area contributed by atoms with Gasteiger partial charge in [0.05, 0.1) is 24.0 Å². The van der Waals surface area contributed by atoms with Gasteiger partial charge in [0.15, 0.2) is 0 Å². The standard InChI is InChI=1S/C20H25NO3/c1-4-5-14-23-18-12-8-6-10-16(18)20(22)21-17-11-7-9-13-19(17)24-15(2)3/h6-13,15H,4-5,14H2,1-3H3,(H,21,22). The third-order valence-electron chi connectivity index (χ3n) is 3.39. The number of anilines is 1. The van der Waals surface area contributed by atoms with Gasteiger partial charge in [0.1, 0.15) is 11.5 Å². The highest BCUT2D eigenvalue weighted by atomic mass is 16.5. The van der Waals surface area contributed by atoms with Gasteiger partial charge in [-0.1, -0.05) is 37.6 Å². The molecule has 24 heavy (non-hydrogen) atoms. The lowest BCUT2D eigenvalue weighted by molar-refractivity contribution is 0.102. The van der Waals surface area contributed by atoms with Crippen LogP contribution in [0.25, 0.3) is 0 Å². The first kappa shape index (κ1) is 17.9. The number of unbranched alkanes of at least 4 members (excludes halogenated alkanes) is 1. The number of rotatable bonds is 8. The van der Waals surface area contributed by atoms with Crippen LogP contribution in [-0.4, -0.2) is 18.6 Å². The minimum atomic E-state index is -0.207. The van der Waals surface area contributed by atoms with Crippen molar-refractivity contribution in [2.45, 2.75) is 39.7 Å².